The van der Waals surface area contributed by atoms with E-state index in [4.69, 9.17) is 28.9 Å². The Labute approximate surface area is 86.6 Å². The zero-order valence-electron chi connectivity index (χ0n) is 7.37. The van der Waals surface area contributed by atoms with Crippen LogP contribution >= 0.6 is 23.2 Å². The first-order valence-corrected chi connectivity index (χ1v) is 4.52. The van der Waals surface area contributed by atoms with Gasteiger partial charge in [0.1, 0.15) is 5.82 Å². The lowest BCUT2D eigenvalue weighted by molar-refractivity contribution is 0.501. The SMILES string of the molecule is CC(C)(N)c1cc(Cl)c(Cl)cc1F. The minimum Gasteiger partial charge on any atom is -0.322 e. The lowest BCUT2D eigenvalue weighted by atomic mass is 9.95. The topological polar surface area (TPSA) is 26.0 Å². The average molecular weight is 222 g/mol. The molecule has 0 aromatic heterocycles. The molecule has 72 valence electrons. The normalized spacial score (nSPS) is 11.8. The van der Waals surface area contributed by atoms with Crippen molar-refractivity contribution in [3.8, 4) is 0 Å². The Hall–Kier alpha value is -0.310. The van der Waals surface area contributed by atoms with E-state index in [1.165, 1.54) is 12.1 Å². The molecule has 0 amide bonds. The maximum Gasteiger partial charge on any atom is 0.129 e. The van der Waals surface area contributed by atoms with Crippen molar-refractivity contribution in [2.24, 2.45) is 5.73 Å². The zero-order chi connectivity index (χ0) is 10.2. The molecule has 2 N–H and O–H groups in total. The second kappa shape index (κ2) is 3.45. The molecule has 1 rings (SSSR count). The van der Waals surface area contributed by atoms with Crippen molar-refractivity contribution in [2.45, 2.75) is 19.4 Å². The van der Waals surface area contributed by atoms with Crippen LogP contribution in [0, 0.1) is 5.82 Å². The Morgan fingerprint density at radius 1 is 1.23 bits per heavy atom. The highest BCUT2D eigenvalue weighted by atomic mass is 35.5. The molecule has 1 aromatic rings. The van der Waals surface area contributed by atoms with E-state index in [0.29, 0.717) is 10.6 Å². The van der Waals surface area contributed by atoms with Crippen molar-refractivity contribution in [1.29, 1.82) is 0 Å². The number of nitrogens with two attached hydrogens (primary N) is 1. The van der Waals surface area contributed by atoms with Crippen LogP contribution in [0.4, 0.5) is 4.39 Å². The van der Waals surface area contributed by atoms with Gasteiger partial charge >= 0.3 is 0 Å². The molecule has 4 heteroatoms. The highest BCUT2D eigenvalue weighted by molar-refractivity contribution is 6.42. The van der Waals surface area contributed by atoms with Gasteiger partial charge in [0.2, 0.25) is 0 Å². The summed E-state index contributed by atoms with van der Waals surface area (Å²) in [5.74, 6) is -0.429. The van der Waals surface area contributed by atoms with Crippen LogP contribution in [0.25, 0.3) is 0 Å². The summed E-state index contributed by atoms with van der Waals surface area (Å²) in [6.45, 7) is 3.41. The monoisotopic (exact) mass is 221 g/mol. The third kappa shape index (κ3) is 2.33. The highest BCUT2D eigenvalue weighted by Gasteiger charge is 2.20. The predicted molar refractivity (Wildman–Crippen MR) is 53.6 cm³/mol. The predicted octanol–water partition coefficient (Wildman–Crippen LogP) is 3.33. The Morgan fingerprint density at radius 3 is 2.15 bits per heavy atom. The summed E-state index contributed by atoms with van der Waals surface area (Å²) in [6.07, 6.45) is 0. The first-order valence-electron chi connectivity index (χ1n) is 3.76. The van der Waals surface area contributed by atoms with E-state index < -0.39 is 11.4 Å². The van der Waals surface area contributed by atoms with Crippen LogP contribution in [0.1, 0.15) is 19.4 Å². The van der Waals surface area contributed by atoms with Gasteiger partial charge in [0, 0.05) is 11.1 Å². The Bertz CT molecular complexity index is 331. The molecule has 0 unspecified atom stereocenters. The van der Waals surface area contributed by atoms with Crippen LogP contribution in [0.15, 0.2) is 12.1 Å². The molecule has 0 fully saturated rings. The Balaban J connectivity index is 3.32. The van der Waals surface area contributed by atoms with Gasteiger partial charge in [-0.15, -0.1) is 0 Å². The number of halogens is 3. The third-order valence-electron chi connectivity index (χ3n) is 1.70. The zero-order valence-corrected chi connectivity index (χ0v) is 8.88. The fourth-order valence-corrected chi connectivity index (χ4v) is 1.33. The van der Waals surface area contributed by atoms with Crippen molar-refractivity contribution < 1.29 is 4.39 Å². The molecule has 0 atom stereocenters. The summed E-state index contributed by atoms with van der Waals surface area (Å²) in [4.78, 5) is 0. The molecule has 0 bridgehead atoms. The number of hydrogen-bond acceptors (Lipinski definition) is 1. The van der Waals surface area contributed by atoms with Crippen molar-refractivity contribution in [3.63, 3.8) is 0 Å². The van der Waals surface area contributed by atoms with Crippen LogP contribution in [0.2, 0.25) is 10.0 Å². The smallest absolute Gasteiger partial charge is 0.129 e. The second-order valence-electron chi connectivity index (χ2n) is 3.47. The minimum absolute atomic E-state index is 0.201. The van der Waals surface area contributed by atoms with Gasteiger partial charge in [-0.2, -0.15) is 0 Å². The van der Waals surface area contributed by atoms with Gasteiger partial charge in [-0.05, 0) is 26.0 Å². The molecule has 1 aromatic carbocycles. The number of benzene rings is 1. The van der Waals surface area contributed by atoms with E-state index in [0.717, 1.165) is 0 Å². The molecule has 0 radical (unpaired) electrons. The molecule has 0 saturated heterocycles. The summed E-state index contributed by atoms with van der Waals surface area (Å²) in [7, 11) is 0. The highest BCUT2D eigenvalue weighted by Crippen LogP contribution is 2.29. The average Bonchev–Trinajstić information content (AvgIpc) is 1.94. The summed E-state index contributed by atoms with van der Waals surface area (Å²) in [5, 5.41) is 0.517. The molecule has 0 aliphatic rings. The maximum absolute atomic E-state index is 13.3. The maximum atomic E-state index is 13.3. The van der Waals surface area contributed by atoms with E-state index in [-0.39, 0.29) is 5.02 Å². The van der Waals surface area contributed by atoms with Gasteiger partial charge in [0.15, 0.2) is 0 Å². The van der Waals surface area contributed by atoms with Crippen LogP contribution < -0.4 is 5.73 Å². The molecular weight excluding hydrogens is 212 g/mol. The van der Waals surface area contributed by atoms with Crippen LogP contribution in [-0.2, 0) is 5.54 Å². The lowest BCUT2D eigenvalue weighted by Gasteiger charge is -2.20. The summed E-state index contributed by atoms with van der Waals surface area (Å²) >= 11 is 11.4. The van der Waals surface area contributed by atoms with Gasteiger partial charge in [0.05, 0.1) is 10.0 Å². The van der Waals surface area contributed by atoms with Crippen LogP contribution in [0.5, 0.6) is 0 Å². The van der Waals surface area contributed by atoms with Crippen LogP contribution in [-0.4, -0.2) is 0 Å². The van der Waals surface area contributed by atoms with Gasteiger partial charge in [0.25, 0.3) is 0 Å². The van der Waals surface area contributed by atoms with Gasteiger partial charge in [-0.1, -0.05) is 23.2 Å². The first-order chi connectivity index (χ1) is 5.82. The molecule has 0 aliphatic heterocycles. The van der Waals surface area contributed by atoms with E-state index >= 15 is 0 Å². The third-order valence-corrected chi connectivity index (χ3v) is 2.43. The summed E-state index contributed by atoms with van der Waals surface area (Å²) in [5.41, 5.74) is 5.35. The lowest BCUT2D eigenvalue weighted by Crippen LogP contribution is -2.29. The molecule has 0 spiro atoms. The summed E-state index contributed by atoms with van der Waals surface area (Å²) in [6, 6.07) is 2.63. The number of hydrogen-bond donors (Lipinski definition) is 1. The van der Waals surface area contributed by atoms with E-state index in [1.54, 1.807) is 13.8 Å². The fourth-order valence-electron chi connectivity index (χ4n) is 1.02. The van der Waals surface area contributed by atoms with Crippen molar-refractivity contribution in [3.05, 3.63) is 33.6 Å². The molecule has 1 nitrogen and oxygen atoms in total. The minimum atomic E-state index is -0.752. The largest absolute Gasteiger partial charge is 0.322 e. The van der Waals surface area contributed by atoms with Crippen molar-refractivity contribution in [1.82, 2.24) is 0 Å². The number of rotatable bonds is 1. The molecule has 13 heavy (non-hydrogen) atoms. The fraction of sp³-hybridized carbons (Fsp3) is 0.333. The molecular formula is C9H10Cl2FN. The van der Waals surface area contributed by atoms with Gasteiger partial charge in [-0.3, -0.25) is 0 Å². The Morgan fingerprint density at radius 2 is 1.69 bits per heavy atom. The van der Waals surface area contributed by atoms with E-state index in [9.17, 15) is 4.39 Å². The van der Waals surface area contributed by atoms with Crippen molar-refractivity contribution >= 4 is 23.2 Å². The standard InChI is InChI=1S/C9H10Cl2FN/c1-9(2,13)5-3-6(10)7(11)4-8(5)12/h3-4H,13H2,1-2H3. The van der Waals surface area contributed by atoms with E-state index in [1.807, 2.05) is 0 Å². The van der Waals surface area contributed by atoms with Gasteiger partial charge < -0.3 is 5.73 Å². The van der Waals surface area contributed by atoms with Gasteiger partial charge in [-0.25, -0.2) is 4.39 Å². The van der Waals surface area contributed by atoms with Crippen molar-refractivity contribution in [2.75, 3.05) is 0 Å². The van der Waals surface area contributed by atoms with E-state index in [2.05, 4.69) is 0 Å². The molecule has 0 saturated carbocycles. The summed E-state index contributed by atoms with van der Waals surface area (Å²) < 4.78 is 13.3. The first kappa shape index (κ1) is 10.8. The van der Waals surface area contributed by atoms with Crippen LogP contribution in [0.3, 0.4) is 0 Å². The second-order valence-corrected chi connectivity index (χ2v) is 4.28. The molecule has 0 aliphatic carbocycles. The Kier molecular flexibility index (Phi) is 2.85. The molecule has 0 heterocycles. The quantitative estimate of drug-likeness (QED) is 0.724.